The fourth-order valence-electron chi connectivity index (χ4n) is 3.92. The van der Waals surface area contributed by atoms with Crippen molar-refractivity contribution >= 4 is 64.2 Å². The lowest BCUT2D eigenvalue weighted by molar-refractivity contribution is -0.116. The first-order valence-electron chi connectivity index (χ1n) is 13.6. The number of esters is 1. The van der Waals surface area contributed by atoms with Crippen LogP contribution in [0.25, 0.3) is 6.08 Å². The Bertz CT molecular complexity index is 1590. The van der Waals surface area contributed by atoms with Crippen molar-refractivity contribution in [3.8, 4) is 0 Å². The van der Waals surface area contributed by atoms with Gasteiger partial charge in [0.1, 0.15) is 5.70 Å². The summed E-state index contributed by atoms with van der Waals surface area (Å²) in [6.45, 7) is 3.95. The molecule has 0 aliphatic rings. The van der Waals surface area contributed by atoms with Crippen molar-refractivity contribution in [2.75, 3.05) is 17.2 Å². The summed E-state index contributed by atoms with van der Waals surface area (Å²) in [5, 5.41) is 9.98. The average molecular weight is 614 g/mol. The molecule has 10 heteroatoms. The lowest BCUT2D eigenvalue weighted by atomic mass is 10.2. The molecule has 1 atom stereocenters. The number of hydrogen-bond donors (Lipinski definition) is 3. The molecule has 220 valence electrons. The van der Waals surface area contributed by atoms with E-state index in [4.69, 9.17) is 4.74 Å². The van der Waals surface area contributed by atoms with Gasteiger partial charge in [-0.05, 0) is 85.5 Å². The van der Waals surface area contributed by atoms with Gasteiger partial charge in [0, 0.05) is 26.7 Å². The van der Waals surface area contributed by atoms with Crippen LogP contribution in [-0.4, -0.2) is 35.5 Å². The summed E-state index contributed by atoms with van der Waals surface area (Å²) in [6, 6.07) is 26.1. The van der Waals surface area contributed by atoms with Crippen molar-refractivity contribution in [3.63, 3.8) is 0 Å². The van der Waals surface area contributed by atoms with Crippen LogP contribution in [0, 0.1) is 0 Å². The number of carbonyl (C=O) groups excluding carboxylic acids is 4. The van der Waals surface area contributed by atoms with Gasteiger partial charge in [0.2, 0.25) is 5.91 Å². The third kappa shape index (κ3) is 9.16. The third-order valence-electron chi connectivity index (χ3n) is 6.06. The van der Waals surface area contributed by atoms with E-state index in [9.17, 15) is 19.2 Å². The van der Waals surface area contributed by atoms with E-state index in [2.05, 4.69) is 16.0 Å². The van der Waals surface area contributed by atoms with Crippen LogP contribution in [0.5, 0.6) is 0 Å². The molecule has 0 fully saturated rings. The van der Waals surface area contributed by atoms with Crippen LogP contribution in [0.15, 0.2) is 107 Å². The van der Waals surface area contributed by atoms with Gasteiger partial charge in [0.15, 0.2) is 0 Å². The molecule has 0 saturated carbocycles. The number of thioether (sulfide) groups is 1. The Labute approximate surface area is 258 Å². The molecule has 1 unspecified atom stereocenters. The number of benzene rings is 3. The van der Waals surface area contributed by atoms with Crippen molar-refractivity contribution in [1.82, 2.24) is 5.32 Å². The molecule has 4 rings (SSSR count). The minimum Gasteiger partial charge on any atom is -0.462 e. The second-order valence-corrected chi connectivity index (χ2v) is 11.4. The van der Waals surface area contributed by atoms with Crippen LogP contribution >= 0.6 is 23.1 Å². The Morgan fingerprint density at radius 2 is 1.60 bits per heavy atom. The quantitative estimate of drug-likeness (QED) is 0.0916. The van der Waals surface area contributed by atoms with E-state index < -0.39 is 23.0 Å². The Morgan fingerprint density at radius 3 is 2.28 bits per heavy atom. The summed E-state index contributed by atoms with van der Waals surface area (Å²) in [5.74, 6) is -1.47. The van der Waals surface area contributed by atoms with Crippen molar-refractivity contribution in [2.24, 2.45) is 0 Å². The van der Waals surface area contributed by atoms with Gasteiger partial charge in [0.25, 0.3) is 11.8 Å². The van der Waals surface area contributed by atoms with E-state index >= 15 is 0 Å². The molecule has 0 aliphatic heterocycles. The molecule has 0 saturated heterocycles. The predicted molar refractivity (Wildman–Crippen MR) is 172 cm³/mol. The summed E-state index contributed by atoms with van der Waals surface area (Å²) in [4.78, 5) is 52.7. The normalized spacial score (nSPS) is 11.7. The first kappa shape index (κ1) is 31.3. The minimum atomic E-state index is -0.476. The number of amides is 3. The second kappa shape index (κ2) is 15.5. The fraction of sp³-hybridized carbons (Fsp3) is 0.152. The maximum absolute atomic E-state index is 13.3. The Balaban J connectivity index is 1.42. The average Bonchev–Trinajstić information content (AvgIpc) is 3.54. The van der Waals surface area contributed by atoms with Gasteiger partial charge in [-0.3, -0.25) is 14.4 Å². The third-order valence-corrected chi connectivity index (χ3v) is 8.23. The molecule has 1 heterocycles. The van der Waals surface area contributed by atoms with Gasteiger partial charge in [-0.25, -0.2) is 4.79 Å². The summed E-state index contributed by atoms with van der Waals surface area (Å²) < 4.78 is 5.00. The molecule has 8 nitrogen and oxygen atoms in total. The van der Waals surface area contributed by atoms with Crippen LogP contribution in [-0.2, 0) is 14.3 Å². The summed E-state index contributed by atoms with van der Waals surface area (Å²) >= 11 is 2.82. The summed E-state index contributed by atoms with van der Waals surface area (Å²) in [6.07, 6.45) is 2.20. The molecule has 1 aromatic heterocycles. The molecule has 0 spiro atoms. The van der Waals surface area contributed by atoms with Gasteiger partial charge in [-0.15, -0.1) is 23.1 Å². The lowest BCUT2D eigenvalue weighted by Gasteiger charge is -2.16. The van der Waals surface area contributed by atoms with Crippen molar-refractivity contribution in [1.29, 1.82) is 0 Å². The second-order valence-electron chi connectivity index (χ2n) is 9.18. The van der Waals surface area contributed by atoms with E-state index in [1.807, 2.05) is 36.6 Å². The standard InChI is InChI=1S/C33H31N3O5S2/c1-3-29(32(39)34-24-17-15-23(16-18-24)33(40)41-4-2)43-27-13-8-12-25(20-27)35-31(38)28(21-26-14-9-19-42-26)36-30(37)22-10-6-5-7-11-22/h5-21,29H,3-4H2,1-2H3,(H,34,39)(H,35,38)(H,36,37)/b28-21-. The number of hydrogen-bond acceptors (Lipinski definition) is 7. The molecular formula is C33H31N3O5S2. The van der Waals surface area contributed by atoms with Crippen LogP contribution in [0.1, 0.15) is 45.9 Å². The topological polar surface area (TPSA) is 114 Å². The Morgan fingerprint density at radius 1 is 0.837 bits per heavy atom. The molecular weight excluding hydrogens is 583 g/mol. The van der Waals surface area contributed by atoms with Crippen LogP contribution < -0.4 is 16.0 Å². The molecule has 0 bridgehead atoms. The molecule has 0 aliphatic carbocycles. The smallest absolute Gasteiger partial charge is 0.338 e. The lowest BCUT2D eigenvalue weighted by Crippen LogP contribution is -2.30. The van der Waals surface area contributed by atoms with E-state index in [-0.39, 0.29) is 18.2 Å². The van der Waals surface area contributed by atoms with Crippen LogP contribution in [0.4, 0.5) is 11.4 Å². The zero-order valence-electron chi connectivity index (χ0n) is 23.7. The fourth-order valence-corrected chi connectivity index (χ4v) is 5.59. The van der Waals surface area contributed by atoms with Gasteiger partial charge >= 0.3 is 5.97 Å². The number of thiophene rings is 1. The van der Waals surface area contributed by atoms with E-state index in [0.29, 0.717) is 28.9 Å². The zero-order chi connectivity index (χ0) is 30.6. The van der Waals surface area contributed by atoms with Gasteiger partial charge in [-0.2, -0.15) is 0 Å². The highest BCUT2D eigenvalue weighted by molar-refractivity contribution is 8.00. The molecule has 3 N–H and O–H groups in total. The molecule has 3 aromatic carbocycles. The first-order valence-corrected chi connectivity index (χ1v) is 15.4. The maximum atomic E-state index is 13.3. The summed E-state index contributed by atoms with van der Waals surface area (Å²) in [7, 11) is 0. The molecule has 4 aromatic rings. The van der Waals surface area contributed by atoms with E-state index in [1.54, 1.807) is 79.7 Å². The largest absolute Gasteiger partial charge is 0.462 e. The zero-order valence-corrected chi connectivity index (χ0v) is 25.3. The van der Waals surface area contributed by atoms with Crippen molar-refractivity contribution in [3.05, 3.63) is 118 Å². The predicted octanol–water partition coefficient (Wildman–Crippen LogP) is 6.84. The van der Waals surface area contributed by atoms with E-state index in [1.165, 1.54) is 23.1 Å². The summed E-state index contributed by atoms with van der Waals surface area (Å²) in [5.41, 5.74) is 2.04. The minimum absolute atomic E-state index is 0.106. The highest BCUT2D eigenvalue weighted by Gasteiger charge is 2.20. The monoisotopic (exact) mass is 613 g/mol. The molecule has 0 radical (unpaired) electrons. The number of anilines is 2. The SMILES string of the molecule is CCOC(=O)c1ccc(NC(=O)C(CC)Sc2cccc(NC(=O)/C(=C/c3cccs3)NC(=O)c3ccccc3)c2)cc1. The van der Waals surface area contributed by atoms with Crippen molar-refractivity contribution < 1.29 is 23.9 Å². The van der Waals surface area contributed by atoms with Gasteiger partial charge in [0.05, 0.1) is 17.4 Å². The Kier molecular flexibility index (Phi) is 11.3. The number of ether oxygens (including phenoxy) is 1. The number of carbonyl (C=O) groups is 4. The van der Waals surface area contributed by atoms with Crippen LogP contribution in [0.2, 0.25) is 0 Å². The highest BCUT2D eigenvalue weighted by atomic mass is 32.2. The maximum Gasteiger partial charge on any atom is 0.338 e. The van der Waals surface area contributed by atoms with Crippen molar-refractivity contribution in [2.45, 2.75) is 30.4 Å². The Hall–Kier alpha value is -4.67. The highest BCUT2D eigenvalue weighted by Crippen LogP contribution is 2.29. The van der Waals surface area contributed by atoms with Gasteiger partial charge in [-0.1, -0.05) is 37.3 Å². The number of nitrogens with one attached hydrogen (secondary N) is 3. The molecule has 3 amide bonds. The van der Waals surface area contributed by atoms with Crippen LogP contribution in [0.3, 0.4) is 0 Å². The first-order chi connectivity index (χ1) is 20.9. The molecule has 43 heavy (non-hydrogen) atoms. The number of rotatable bonds is 12. The van der Waals surface area contributed by atoms with E-state index in [0.717, 1.165) is 9.77 Å². The van der Waals surface area contributed by atoms with Gasteiger partial charge < -0.3 is 20.7 Å².